The molecule has 118 valence electrons. The number of aryl methyl sites for hydroxylation is 1. The number of hydrogen-bond donors (Lipinski definition) is 0. The van der Waals surface area contributed by atoms with Crippen molar-refractivity contribution in [2.45, 2.75) is 19.4 Å². The van der Waals surface area contributed by atoms with E-state index in [2.05, 4.69) is 26.2 Å². The van der Waals surface area contributed by atoms with E-state index in [0.29, 0.717) is 0 Å². The van der Waals surface area contributed by atoms with Gasteiger partial charge >= 0.3 is 0 Å². The molecule has 0 saturated carbocycles. The highest BCUT2D eigenvalue weighted by Gasteiger charge is 2.20. The van der Waals surface area contributed by atoms with Crippen LogP contribution in [0, 0.1) is 0 Å². The summed E-state index contributed by atoms with van der Waals surface area (Å²) in [5, 5.41) is 4.25. The molecule has 0 radical (unpaired) electrons. The molecular formula is C17H19N5O. The van der Waals surface area contributed by atoms with E-state index in [1.54, 1.807) is 18.9 Å². The zero-order valence-electron chi connectivity index (χ0n) is 13.1. The van der Waals surface area contributed by atoms with Crippen LogP contribution in [-0.2, 0) is 26.4 Å². The van der Waals surface area contributed by atoms with Crippen LogP contribution in [0.2, 0.25) is 0 Å². The predicted octanol–water partition coefficient (Wildman–Crippen LogP) is 2.07. The van der Waals surface area contributed by atoms with Crippen molar-refractivity contribution in [2.24, 2.45) is 7.05 Å². The smallest absolute Gasteiger partial charge is 0.116 e. The summed E-state index contributed by atoms with van der Waals surface area (Å²) in [4.78, 5) is 11.5. The standard InChI is InChI=1S/C17H19N5O/c1-21-9-13(8-20-21)10-22-5-2-15-16(3-6-22)18-12-19-17(15)14-4-7-23-11-14/h4,7-9,11-12H,2-3,5-6,10H2,1H3. The zero-order valence-corrected chi connectivity index (χ0v) is 13.1. The molecular weight excluding hydrogens is 290 g/mol. The summed E-state index contributed by atoms with van der Waals surface area (Å²) in [5.41, 5.74) is 5.70. The third kappa shape index (κ3) is 2.90. The molecule has 6 heteroatoms. The van der Waals surface area contributed by atoms with Crippen molar-refractivity contribution < 1.29 is 4.42 Å². The number of furan rings is 1. The van der Waals surface area contributed by atoms with Gasteiger partial charge in [0, 0.05) is 61.7 Å². The van der Waals surface area contributed by atoms with Gasteiger partial charge in [-0.3, -0.25) is 9.58 Å². The quantitative estimate of drug-likeness (QED) is 0.741. The summed E-state index contributed by atoms with van der Waals surface area (Å²) in [6.07, 6.45) is 11.0. The highest BCUT2D eigenvalue weighted by molar-refractivity contribution is 5.62. The van der Waals surface area contributed by atoms with Gasteiger partial charge in [0.2, 0.25) is 0 Å². The second kappa shape index (κ2) is 5.96. The lowest BCUT2D eigenvalue weighted by Crippen LogP contribution is -2.25. The minimum Gasteiger partial charge on any atom is -0.472 e. The van der Waals surface area contributed by atoms with Crippen LogP contribution < -0.4 is 0 Å². The summed E-state index contributed by atoms with van der Waals surface area (Å²) >= 11 is 0. The monoisotopic (exact) mass is 309 g/mol. The third-order valence-corrected chi connectivity index (χ3v) is 4.34. The predicted molar refractivity (Wildman–Crippen MR) is 85.6 cm³/mol. The van der Waals surface area contributed by atoms with E-state index in [9.17, 15) is 0 Å². The minimum atomic E-state index is 0.927. The van der Waals surface area contributed by atoms with Crippen LogP contribution in [0.1, 0.15) is 16.8 Å². The normalized spacial score (nSPS) is 15.3. The van der Waals surface area contributed by atoms with Crippen LogP contribution >= 0.6 is 0 Å². The summed E-state index contributed by atoms with van der Waals surface area (Å²) in [6.45, 7) is 2.93. The molecule has 0 fully saturated rings. The highest BCUT2D eigenvalue weighted by Crippen LogP contribution is 2.26. The van der Waals surface area contributed by atoms with Gasteiger partial charge in [-0.15, -0.1) is 0 Å². The topological polar surface area (TPSA) is 60.0 Å². The lowest BCUT2D eigenvalue weighted by Gasteiger charge is -2.18. The first-order valence-electron chi connectivity index (χ1n) is 7.85. The van der Waals surface area contributed by atoms with Gasteiger partial charge in [-0.25, -0.2) is 9.97 Å². The van der Waals surface area contributed by atoms with Gasteiger partial charge < -0.3 is 4.42 Å². The fourth-order valence-corrected chi connectivity index (χ4v) is 3.19. The first-order chi connectivity index (χ1) is 11.3. The number of hydrogen-bond acceptors (Lipinski definition) is 5. The summed E-state index contributed by atoms with van der Waals surface area (Å²) in [7, 11) is 1.95. The van der Waals surface area contributed by atoms with Gasteiger partial charge in [0.25, 0.3) is 0 Å². The van der Waals surface area contributed by atoms with E-state index in [1.165, 1.54) is 11.1 Å². The SMILES string of the molecule is Cn1cc(CN2CCc3ncnc(-c4ccoc4)c3CC2)cn1. The molecule has 4 rings (SSSR count). The van der Waals surface area contributed by atoms with Crippen LogP contribution in [-0.4, -0.2) is 37.7 Å². The maximum Gasteiger partial charge on any atom is 0.116 e. The van der Waals surface area contributed by atoms with Gasteiger partial charge in [0.1, 0.15) is 6.33 Å². The molecule has 0 aromatic carbocycles. The van der Waals surface area contributed by atoms with E-state index in [-0.39, 0.29) is 0 Å². The van der Waals surface area contributed by atoms with Crippen LogP contribution in [0.5, 0.6) is 0 Å². The average molecular weight is 309 g/mol. The number of fused-ring (bicyclic) bond motifs is 1. The molecule has 0 N–H and O–H groups in total. The lowest BCUT2D eigenvalue weighted by molar-refractivity contribution is 0.279. The van der Waals surface area contributed by atoms with Crippen molar-refractivity contribution in [3.05, 3.63) is 54.1 Å². The first kappa shape index (κ1) is 14.1. The Balaban J connectivity index is 1.56. The Morgan fingerprint density at radius 1 is 1.22 bits per heavy atom. The second-order valence-electron chi connectivity index (χ2n) is 5.96. The summed E-state index contributed by atoms with van der Waals surface area (Å²) in [5.74, 6) is 0. The first-order valence-corrected chi connectivity index (χ1v) is 7.85. The molecule has 0 atom stereocenters. The van der Waals surface area contributed by atoms with E-state index in [4.69, 9.17) is 4.42 Å². The minimum absolute atomic E-state index is 0.927. The third-order valence-electron chi connectivity index (χ3n) is 4.34. The van der Waals surface area contributed by atoms with E-state index in [1.807, 2.05) is 24.0 Å². The molecule has 0 spiro atoms. The fraction of sp³-hybridized carbons (Fsp3) is 0.353. The molecule has 0 aliphatic carbocycles. The molecule has 6 nitrogen and oxygen atoms in total. The molecule has 0 amide bonds. The molecule has 23 heavy (non-hydrogen) atoms. The Morgan fingerprint density at radius 3 is 2.91 bits per heavy atom. The Kier molecular flexibility index (Phi) is 3.67. The molecule has 1 aliphatic rings. The molecule has 3 aromatic heterocycles. The Morgan fingerprint density at radius 2 is 2.13 bits per heavy atom. The van der Waals surface area contributed by atoms with Crippen LogP contribution in [0.25, 0.3) is 11.3 Å². The zero-order chi connectivity index (χ0) is 15.6. The van der Waals surface area contributed by atoms with Crippen LogP contribution in [0.4, 0.5) is 0 Å². The molecule has 0 saturated heterocycles. The molecule has 1 aliphatic heterocycles. The van der Waals surface area contributed by atoms with Gasteiger partial charge in [-0.2, -0.15) is 5.10 Å². The van der Waals surface area contributed by atoms with Gasteiger partial charge in [0.05, 0.1) is 24.4 Å². The Bertz CT molecular complexity index is 793. The average Bonchev–Trinajstić information content (AvgIpc) is 3.17. The molecule has 0 unspecified atom stereocenters. The van der Waals surface area contributed by atoms with Crippen LogP contribution in [0.3, 0.4) is 0 Å². The molecule has 3 aromatic rings. The van der Waals surface area contributed by atoms with Crippen molar-refractivity contribution in [3.63, 3.8) is 0 Å². The maximum absolute atomic E-state index is 5.21. The Hall–Kier alpha value is -2.47. The molecule has 0 bridgehead atoms. The van der Waals surface area contributed by atoms with E-state index in [0.717, 1.165) is 49.4 Å². The number of rotatable bonds is 3. The van der Waals surface area contributed by atoms with Gasteiger partial charge in [-0.05, 0) is 12.5 Å². The second-order valence-corrected chi connectivity index (χ2v) is 5.96. The highest BCUT2D eigenvalue weighted by atomic mass is 16.3. The van der Waals surface area contributed by atoms with Gasteiger partial charge in [-0.1, -0.05) is 0 Å². The summed E-state index contributed by atoms with van der Waals surface area (Å²) in [6, 6.07) is 1.96. The van der Waals surface area contributed by atoms with Crippen molar-refractivity contribution >= 4 is 0 Å². The van der Waals surface area contributed by atoms with E-state index < -0.39 is 0 Å². The number of nitrogens with zero attached hydrogens (tertiary/aromatic N) is 5. The number of aromatic nitrogens is 4. The maximum atomic E-state index is 5.21. The lowest BCUT2D eigenvalue weighted by atomic mass is 10.0. The summed E-state index contributed by atoms with van der Waals surface area (Å²) < 4.78 is 7.07. The van der Waals surface area contributed by atoms with Gasteiger partial charge in [0.15, 0.2) is 0 Å². The van der Waals surface area contributed by atoms with E-state index >= 15 is 0 Å². The van der Waals surface area contributed by atoms with Crippen molar-refractivity contribution in [3.8, 4) is 11.3 Å². The largest absolute Gasteiger partial charge is 0.472 e. The van der Waals surface area contributed by atoms with Crippen molar-refractivity contribution in [1.82, 2.24) is 24.6 Å². The Labute approximate surface area is 134 Å². The van der Waals surface area contributed by atoms with Crippen molar-refractivity contribution in [1.29, 1.82) is 0 Å². The van der Waals surface area contributed by atoms with Crippen molar-refractivity contribution in [2.75, 3.05) is 13.1 Å². The fourth-order valence-electron chi connectivity index (χ4n) is 3.19. The molecule has 4 heterocycles. The van der Waals surface area contributed by atoms with Crippen LogP contribution in [0.15, 0.2) is 41.7 Å².